The SMILES string of the molecule is Cc1nn(C)c(CN2CCN[C@H](C)C2)c1Cl. The lowest BCUT2D eigenvalue weighted by Gasteiger charge is -2.31. The molecule has 1 fully saturated rings. The van der Waals surface area contributed by atoms with Gasteiger partial charge in [0.1, 0.15) is 0 Å². The molecule has 0 aliphatic carbocycles. The smallest absolute Gasteiger partial charge is 0.0860 e. The van der Waals surface area contributed by atoms with Crippen LogP contribution in [0.2, 0.25) is 5.02 Å². The van der Waals surface area contributed by atoms with Crippen LogP contribution in [0.4, 0.5) is 0 Å². The summed E-state index contributed by atoms with van der Waals surface area (Å²) in [7, 11) is 1.96. The zero-order valence-electron chi connectivity index (χ0n) is 10.1. The minimum Gasteiger partial charge on any atom is -0.312 e. The highest BCUT2D eigenvalue weighted by molar-refractivity contribution is 6.31. The first-order valence-corrected chi connectivity index (χ1v) is 6.09. The Bertz CT molecular complexity index is 374. The Labute approximate surface area is 102 Å². The van der Waals surface area contributed by atoms with Gasteiger partial charge in [0.05, 0.1) is 16.4 Å². The molecule has 0 radical (unpaired) electrons. The molecule has 0 bridgehead atoms. The molecule has 0 unspecified atom stereocenters. The van der Waals surface area contributed by atoms with Crippen molar-refractivity contribution in [2.75, 3.05) is 19.6 Å². The zero-order valence-corrected chi connectivity index (χ0v) is 10.9. The largest absolute Gasteiger partial charge is 0.312 e. The average molecular weight is 243 g/mol. The zero-order chi connectivity index (χ0) is 11.7. The van der Waals surface area contributed by atoms with Gasteiger partial charge < -0.3 is 5.32 Å². The van der Waals surface area contributed by atoms with Crippen molar-refractivity contribution in [3.8, 4) is 0 Å². The molecule has 1 aromatic heterocycles. The number of aromatic nitrogens is 2. The van der Waals surface area contributed by atoms with Crippen LogP contribution < -0.4 is 5.32 Å². The highest BCUT2D eigenvalue weighted by atomic mass is 35.5. The highest BCUT2D eigenvalue weighted by Crippen LogP contribution is 2.21. The van der Waals surface area contributed by atoms with Gasteiger partial charge in [0, 0.05) is 39.3 Å². The third kappa shape index (κ3) is 2.39. The van der Waals surface area contributed by atoms with E-state index in [4.69, 9.17) is 11.6 Å². The molecule has 1 aliphatic heterocycles. The highest BCUT2D eigenvalue weighted by Gasteiger charge is 2.19. The van der Waals surface area contributed by atoms with Crippen molar-refractivity contribution >= 4 is 11.6 Å². The summed E-state index contributed by atoms with van der Waals surface area (Å²) < 4.78 is 1.89. The summed E-state index contributed by atoms with van der Waals surface area (Å²) in [5.41, 5.74) is 2.04. The van der Waals surface area contributed by atoms with Crippen LogP contribution in [0.25, 0.3) is 0 Å². The van der Waals surface area contributed by atoms with E-state index in [0.717, 1.165) is 42.6 Å². The van der Waals surface area contributed by atoms with Gasteiger partial charge in [0.25, 0.3) is 0 Å². The van der Waals surface area contributed by atoms with Crippen LogP contribution in [0.15, 0.2) is 0 Å². The lowest BCUT2D eigenvalue weighted by molar-refractivity contribution is 0.195. The number of halogens is 1. The van der Waals surface area contributed by atoms with Gasteiger partial charge in [-0.3, -0.25) is 9.58 Å². The summed E-state index contributed by atoms with van der Waals surface area (Å²) in [4.78, 5) is 2.42. The standard InChI is InChI=1S/C11H19ClN4/c1-8-6-16(5-4-13-8)7-10-11(12)9(2)14-15(10)3/h8,13H,4-7H2,1-3H3/t8-/m1/s1. The van der Waals surface area contributed by atoms with Crippen LogP contribution in [0.5, 0.6) is 0 Å². The van der Waals surface area contributed by atoms with E-state index < -0.39 is 0 Å². The molecular formula is C11H19ClN4. The van der Waals surface area contributed by atoms with Gasteiger partial charge in [-0.05, 0) is 13.8 Å². The molecule has 5 heteroatoms. The fourth-order valence-corrected chi connectivity index (χ4v) is 2.44. The Balaban J connectivity index is 2.08. The van der Waals surface area contributed by atoms with E-state index in [1.807, 2.05) is 18.7 Å². The predicted molar refractivity (Wildman–Crippen MR) is 65.7 cm³/mol. The second kappa shape index (κ2) is 4.73. The molecule has 1 N–H and O–H groups in total. The van der Waals surface area contributed by atoms with Gasteiger partial charge in [-0.15, -0.1) is 0 Å². The summed E-state index contributed by atoms with van der Waals surface area (Å²) in [5.74, 6) is 0. The van der Waals surface area contributed by atoms with Crippen molar-refractivity contribution in [1.29, 1.82) is 0 Å². The number of nitrogens with one attached hydrogen (secondary N) is 1. The van der Waals surface area contributed by atoms with Gasteiger partial charge in [-0.1, -0.05) is 11.6 Å². The van der Waals surface area contributed by atoms with Gasteiger partial charge in [0.15, 0.2) is 0 Å². The topological polar surface area (TPSA) is 33.1 Å². The predicted octanol–water partition coefficient (Wildman–Crippen LogP) is 1.18. The van der Waals surface area contributed by atoms with E-state index in [1.165, 1.54) is 0 Å². The first-order valence-electron chi connectivity index (χ1n) is 5.71. The van der Waals surface area contributed by atoms with E-state index in [2.05, 4.69) is 22.2 Å². The Kier molecular flexibility index (Phi) is 3.52. The molecule has 90 valence electrons. The van der Waals surface area contributed by atoms with E-state index in [-0.39, 0.29) is 0 Å². The number of nitrogens with zero attached hydrogens (tertiary/aromatic N) is 3. The van der Waals surface area contributed by atoms with Crippen LogP contribution in [-0.2, 0) is 13.6 Å². The van der Waals surface area contributed by atoms with Crippen LogP contribution in [-0.4, -0.2) is 40.4 Å². The Morgan fingerprint density at radius 1 is 1.56 bits per heavy atom. The molecule has 2 rings (SSSR count). The summed E-state index contributed by atoms with van der Waals surface area (Å²) in [6.45, 7) is 8.25. The van der Waals surface area contributed by atoms with Gasteiger partial charge in [0.2, 0.25) is 0 Å². The van der Waals surface area contributed by atoms with Crippen molar-refractivity contribution in [3.05, 3.63) is 16.4 Å². The molecule has 0 saturated carbocycles. The third-order valence-electron chi connectivity index (χ3n) is 3.09. The quantitative estimate of drug-likeness (QED) is 0.846. The maximum Gasteiger partial charge on any atom is 0.0860 e. The van der Waals surface area contributed by atoms with Crippen LogP contribution >= 0.6 is 11.6 Å². The summed E-state index contributed by atoms with van der Waals surface area (Å²) in [6.07, 6.45) is 0. The molecule has 0 spiro atoms. The van der Waals surface area contributed by atoms with Crippen LogP contribution in [0.1, 0.15) is 18.3 Å². The molecule has 2 heterocycles. The lowest BCUT2D eigenvalue weighted by atomic mass is 10.2. The maximum atomic E-state index is 6.24. The minimum absolute atomic E-state index is 0.557. The van der Waals surface area contributed by atoms with Crippen molar-refractivity contribution < 1.29 is 0 Å². The first-order chi connectivity index (χ1) is 7.58. The lowest BCUT2D eigenvalue weighted by Crippen LogP contribution is -2.48. The second-order valence-corrected chi connectivity index (χ2v) is 4.94. The molecule has 4 nitrogen and oxygen atoms in total. The normalized spacial score (nSPS) is 22.6. The average Bonchev–Trinajstić information content (AvgIpc) is 2.45. The van der Waals surface area contributed by atoms with Crippen molar-refractivity contribution in [3.63, 3.8) is 0 Å². The van der Waals surface area contributed by atoms with Gasteiger partial charge in [-0.25, -0.2) is 0 Å². The molecule has 1 aromatic rings. The van der Waals surface area contributed by atoms with E-state index in [1.54, 1.807) is 0 Å². The summed E-state index contributed by atoms with van der Waals surface area (Å²) in [6, 6.07) is 0.557. The fourth-order valence-electron chi connectivity index (χ4n) is 2.22. The molecule has 0 amide bonds. The Morgan fingerprint density at radius 2 is 2.31 bits per heavy atom. The fraction of sp³-hybridized carbons (Fsp3) is 0.727. The number of hydrogen-bond acceptors (Lipinski definition) is 3. The first kappa shape index (κ1) is 11.9. The molecule has 1 atom stereocenters. The molecule has 1 aliphatic rings. The Morgan fingerprint density at radius 3 is 2.88 bits per heavy atom. The van der Waals surface area contributed by atoms with Gasteiger partial charge in [-0.2, -0.15) is 5.10 Å². The summed E-state index contributed by atoms with van der Waals surface area (Å²) >= 11 is 6.24. The maximum absolute atomic E-state index is 6.24. The van der Waals surface area contributed by atoms with E-state index >= 15 is 0 Å². The monoisotopic (exact) mass is 242 g/mol. The molecule has 0 aromatic carbocycles. The Hall–Kier alpha value is -0.580. The minimum atomic E-state index is 0.557. The van der Waals surface area contributed by atoms with Crippen molar-refractivity contribution in [2.45, 2.75) is 26.4 Å². The van der Waals surface area contributed by atoms with Crippen molar-refractivity contribution in [1.82, 2.24) is 20.0 Å². The van der Waals surface area contributed by atoms with Crippen LogP contribution in [0, 0.1) is 6.92 Å². The second-order valence-electron chi connectivity index (χ2n) is 4.56. The molecule has 1 saturated heterocycles. The summed E-state index contributed by atoms with van der Waals surface area (Å²) in [5, 5.41) is 8.59. The van der Waals surface area contributed by atoms with E-state index in [0.29, 0.717) is 6.04 Å². The third-order valence-corrected chi connectivity index (χ3v) is 3.58. The molecular weight excluding hydrogens is 224 g/mol. The number of rotatable bonds is 2. The van der Waals surface area contributed by atoms with Crippen LogP contribution in [0.3, 0.4) is 0 Å². The molecule has 16 heavy (non-hydrogen) atoms. The van der Waals surface area contributed by atoms with E-state index in [9.17, 15) is 0 Å². The number of aryl methyl sites for hydroxylation is 2. The number of piperazine rings is 1. The van der Waals surface area contributed by atoms with Crippen molar-refractivity contribution in [2.24, 2.45) is 7.05 Å². The van der Waals surface area contributed by atoms with Gasteiger partial charge >= 0.3 is 0 Å². The number of hydrogen-bond donors (Lipinski definition) is 1.